The average Bonchev–Trinajstić information content (AvgIpc) is 3.05. The summed E-state index contributed by atoms with van der Waals surface area (Å²) >= 11 is 0. The summed E-state index contributed by atoms with van der Waals surface area (Å²) in [5, 5.41) is 14.3. The summed E-state index contributed by atoms with van der Waals surface area (Å²) in [7, 11) is 0. The number of nitrogens with zero attached hydrogens (tertiary/aromatic N) is 5. The van der Waals surface area contributed by atoms with Crippen LogP contribution in [-0.4, -0.2) is 24.7 Å². The molecule has 1 aromatic carbocycles. The Balaban J connectivity index is 2.03. The maximum atomic E-state index is 13.1. The van der Waals surface area contributed by atoms with Gasteiger partial charge < -0.3 is 0 Å². The molecule has 3 rings (SSSR count). The smallest absolute Gasteiger partial charge is 0.258 e. The fraction of sp³-hybridized carbons (Fsp3) is 0.235. The SMILES string of the molecule is Cc1cc(Cn2nc(C(F)(F)F)nc2-c2ccc(C(F)(F)F)cn2)ccc1[N+](=O)[O-]. The molecular formula is C17H11F6N5O2. The first-order valence-corrected chi connectivity index (χ1v) is 8.16. The van der Waals surface area contributed by atoms with Gasteiger partial charge in [-0.15, -0.1) is 5.10 Å². The zero-order valence-electron chi connectivity index (χ0n) is 15.0. The Kier molecular flexibility index (Phi) is 5.22. The Hall–Kier alpha value is -3.51. The molecule has 0 radical (unpaired) electrons. The summed E-state index contributed by atoms with van der Waals surface area (Å²) in [6.07, 6.45) is -9.07. The van der Waals surface area contributed by atoms with Crippen molar-refractivity contribution in [3.8, 4) is 11.5 Å². The third-order valence-corrected chi connectivity index (χ3v) is 4.04. The standard InChI is InChI=1S/C17H11F6N5O2/c1-9-6-10(2-5-13(9)28(29)30)8-27-14(25-15(26-27)17(21,22)23)12-4-3-11(7-24-12)16(18,19)20/h2-7H,8H2,1H3. The summed E-state index contributed by atoms with van der Waals surface area (Å²) in [6.45, 7) is 1.20. The molecule has 13 heteroatoms. The number of nitro benzene ring substituents is 1. The lowest BCUT2D eigenvalue weighted by molar-refractivity contribution is -0.385. The van der Waals surface area contributed by atoms with Gasteiger partial charge in [-0.1, -0.05) is 6.07 Å². The molecule has 158 valence electrons. The third-order valence-electron chi connectivity index (χ3n) is 4.04. The van der Waals surface area contributed by atoms with Gasteiger partial charge in [-0.25, -0.2) is 9.67 Å². The highest BCUT2D eigenvalue weighted by molar-refractivity contribution is 5.50. The second kappa shape index (κ2) is 7.39. The van der Waals surface area contributed by atoms with Gasteiger partial charge >= 0.3 is 12.4 Å². The van der Waals surface area contributed by atoms with E-state index in [-0.39, 0.29) is 23.5 Å². The average molecular weight is 431 g/mol. The molecule has 0 N–H and O–H groups in total. The minimum absolute atomic E-state index is 0.169. The molecule has 0 bridgehead atoms. The van der Waals surface area contributed by atoms with Crippen LogP contribution in [0.15, 0.2) is 36.5 Å². The zero-order valence-corrected chi connectivity index (χ0v) is 15.0. The van der Waals surface area contributed by atoms with Gasteiger partial charge in [0.05, 0.1) is 17.0 Å². The number of hydrogen-bond donors (Lipinski definition) is 0. The Morgan fingerprint density at radius 3 is 2.27 bits per heavy atom. The van der Waals surface area contributed by atoms with Gasteiger partial charge in [0.1, 0.15) is 5.69 Å². The molecule has 0 aliphatic rings. The van der Waals surface area contributed by atoms with Gasteiger partial charge in [0.15, 0.2) is 5.82 Å². The summed E-state index contributed by atoms with van der Waals surface area (Å²) in [4.78, 5) is 17.3. The second-order valence-corrected chi connectivity index (χ2v) is 6.22. The number of halogens is 6. The van der Waals surface area contributed by atoms with Crippen LogP contribution >= 0.6 is 0 Å². The van der Waals surface area contributed by atoms with Gasteiger partial charge in [-0.05, 0) is 30.7 Å². The van der Waals surface area contributed by atoms with E-state index < -0.39 is 34.5 Å². The van der Waals surface area contributed by atoms with Crippen LogP contribution < -0.4 is 0 Å². The van der Waals surface area contributed by atoms with Gasteiger partial charge in [0, 0.05) is 17.8 Å². The highest BCUT2D eigenvalue weighted by atomic mass is 19.4. The molecule has 0 saturated heterocycles. The Morgan fingerprint density at radius 2 is 1.77 bits per heavy atom. The van der Waals surface area contributed by atoms with Crippen LogP contribution in [0.25, 0.3) is 11.5 Å². The number of benzene rings is 1. The summed E-state index contributed by atoms with van der Waals surface area (Å²) in [5.74, 6) is -1.88. The number of nitro groups is 1. The molecule has 3 aromatic rings. The van der Waals surface area contributed by atoms with Crippen molar-refractivity contribution in [1.82, 2.24) is 19.7 Å². The van der Waals surface area contributed by atoms with E-state index >= 15 is 0 Å². The number of pyridine rings is 1. The first-order valence-electron chi connectivity index (χ1n) is 8.16. The Bertz CT molecular complexity index is 1090. The minimum Gasteiger partial charge on any atom is -0.258 e. The van der Waals surface area contributed by atoms with Gasteiger partial charge in [-0.3, -0.25) is 15.1 Å². The zero-order chi connectivity index (χ0) is 22.3. The van der Waals surface area contributed by atoms with E-state index in [4.69, 9.17) is 0 Å². The summed E-state index contributed by atoms with van der Waals surface area (Å²) in [5.41, 5.74) is -0.824. The van der Waals surface area contributed by atoms with E-state index in [1.165, 1.54) is 25.1 Å². The van der Waals surface area contributed by atoms with E-state index in [2.05, 4.69) is 15.1 Å². The van der Waals surface area contributed by atoms with Gasteiger partial charge in [-0.2, -0.15) is 26.3 Å². The normalized spacial score (nSPS) is 12.2. The minimum atomic E-state index is -4.89. The Labute approximate surface area is 164 Å². The fourth-order valence-corrected chi connectivity index (χ4v) is 2.65. The molecule has 0 unspecified atom stereocenters. The number of hydrogen-bond acceptors (Lipinski definition) is 5. The first kappa shape index (κ1) is 21.2. The van der Waals surface area contributed by atoms with Crippen molar-refractivity contribution >= 4 is 5.69 Å². The Morgan fingerprint density at radius 1 is 1.07 bits per heavy atom. The van der Waals surface area contributed by atoms with Crippen molar-refractivity contribution in [1.29, 1.82) is 0 Å². The molecule has 2 heterocycles. The molecule has 0 aliphatic carbocycles. The molecule has 0 atom stereocenters. The highest BCUT2D eigenvalue weighted by Crippen LogP contribution is 2.31. The monoisotopic (exact) mass is 431 g/mol. The van der Waals surface area contributed by atoms with Crippen molar-refractivity contribution in [2.45, 2.75) is 25.8 Å². The quantitative estimate of drug-likeness (QED) is 0.341. The molecule has 2 aromatic heterocycles. The molecule has 0 aliphatic heterocycles. The number of alkyl halides is 6. The molecule has 30 heavy (non-hydrogen) atoms. The van der Waals surface area contributed by atoms with Crippen molar-refractivity contribution < 1.29 is 31.3 Å². The highest BCUT2D eigenvalue weighted by Gasteiger charge is 2.38. The van der Waals surface area contributed by atoms with Gasteiger partial charge in [0.2, 0.25) is 0 Å². The maximum Gasteiger partial charge on any atom is 0.453 e. The summed E-state index contributed by atoms with van der Waals surface area (Å²) < 4.78 is 78.2. The van der Waals surface area contributed by atoms with Crippen molar-refractivity contribution in [2.75, 3.05) is 0 Å². The van der Waals surface area contributed by atoms with Crippen LogP contribution in [0.4, 0.5) is 32.0 Å². The number of rotatable bonds is 4. The van der Waals surface area contributed by atoms with E-state index in [0.717, 1.165) is 10.7 Å². The fourth-order valence-electron chi connectivity index (χ4n) is 2.65. The van der Waals surface area contributed by atoms with Crippen molar-refractivity contribution in [3.63, 3.8) is 0 Å². The lowest BCUT2D eigenvalue weighted by Gasteiger charge is -2.09. The van der Waals surface area contributed by atoms with E-state index in [1.54, 1.807) is 0 Å². The predicted octanol–water partition coefficient (Wildman–Crippen LogP) is 4.64. The van der Waals surface area contributed by atoms with Crippen LogP contribution in [0.5, 0.6) is 0 Å². The van der Waals surface area contributed by atoms with Crippen LogP contribution in [0, 0.1) is 17.0 Å². The first-order chi connectivity index (χ1) is 13.9. The van der Waals surface area contributed by atoms with Crippen molar-refractivity contribution in [2.24, 2.45) is 0 Å². The second-order valence-electron chi connectivity index (χ2n) is 6.22. The number of aromatic nitrogens is 4. The topological polar surface area (TPSA) is 86.7 Å². The lowest BCUT2D eigenvalue weighted by atomic mass is 10.1. The molecule has 0 fully saturated rings. The number of aryl methyl sites for hydroxylation is 1. The van der Waals surface area contributed by atoms with Gasteiger partial charge in [0.25, 0.3) is 11.5 Å². The molecular weight excluding hydrogens is 420 g/mol. The maximum absolute atomic E-state index is 13.1. The molecule has 0 amide bonds. The summed E-state index contributed by atoms with van der Waals surface area (Å²) in [6, 6.07) is 5.50. The van der Waals surface area contributed by atoms with E-state index in [1.807, 2.05) is 0 Å². The van der Waals surface area contributed by atoms with Crippen LogP contribution in [0.3, 0.4) is 0 Å². The molecule has 0 spiro atoms. The van der Waals surface area contributed by atoms with Crippen LogP contribution in [0.1, 0.15) is 22.5 Å². The largest absolute Gasteiger partial charge is 0.453 e. The van der Waals surface area contributed by atoms with E-state index in [0.29, 0.717) is 17.8 Å². The van der Waals surface area contributed by atoms with Crippen LogP contribution in [-0.2, 0) is 18.9 Å². The predicted molar refractivity (Wildman–Crippen MR) is 90.2 cm³/mol. The molecule has 7 nitrogen and oxygen atoms in total. The third kappa shape index (κ3) is 4.39. The molecule has 0 saturated carbocycles. The van der Waals surface area contributed by atoms with Crippen LogP contribution in [0.2, 0.25) is 0 Å². The lowest BCUT2D eigenvalue weighted by Crippen LogP contribution is -2.10. The van der Waals surface area contributed by atoms with E-state index in [9.17, 15) is 36.5 Å². The van der Waals surface area contributed by atoms with Crippen molar-refractivity contribution in [3.05, 3.63) is 69.2 Å².